The van der Waals surface area contributed by atoms with E-state index in [4.69, 9.17) is 11.6 Å². The Labute approximate surface area is 124 Å². The van der Waals surface area contributed by atoms with Crippen molar-refractivity contribution in [2.75, 3.05) is 6.54 Å². The van der Waals surface area contributed by atoms with Gasteiger partial charge >= 0.3 is 0 Å². The fraction of sp³-hybridized carbons (Fsp3) is 0.375. The van der Waals surface area contributed by atoms with Gasteiger partial charge in [0.25, 0.3) is 0 Å². The summed E-state index contributed by atoms with van der Waals surface area (Å²) in [6, 6.07) is 10.9. The topological polar surface area (TPSA) is 12.0 Å². The predicted octanol–water partition coefficient (Wildman–Crippen LogP) is 5.11. The van der Waals surface area contributed by atoms with E-state index in [1.165, 1.54) is 21.6 Å². The molecular formula is C16H20ClNS. The Hall–Kier alpha value is -0.830. The number of nitrogens with one attached hydrogen (secondary N) is 1. The average Bonchev–Trinajstić information content (AvgIpc) is 2.81. The highest BCUT2D eigenvalue weighted by Crippen LogP contribution is 2.33. The van der Waals surface area contributed by atoms with E-state index in [-0.39, 0.29) is 6.04 Å². The van der Waals surface area contributed by atoms with Crippen molar-refractivity contribution in [3.8, 4) is 0 Å². The van der Waals surface area contributed by atoms with Crippen LogP contribution in [0, 0.1) is 13.8 Å². The summed E-state index contributed by atoms with van der Waals surface area (Å²) in [4.78, 5) is 1.28. The first-order valence-electron chi connectivity index (χ1n) is 6.68. The van der Waals surface area contributed by atoms with E-state index in [2.05, 4.69) is 50.4 Å². The lowest BCUT2D eigenvalue weighted by atomic mass is 9.96. The van der Waals surface area contributed by atoms with Crippen molar-refractivity contribution in [3.63, 3.8) is 0 Å². The molecule has 0 aliphatic carbocycles. The summed E-state index contributed by atoms with van der Waals surface area (Å²) in [5, 5.41) is 3.64. The standard InChI is InChI=1S/C16H20ClNS/c1-4-10-18-16(14-8-9-15(17)19-14)13-7-5-6-11(2)12(13)3/h5-9,16,18H,4,10H2,1-3H3. The maximum absolute atomic E-state index is 6.09. The van der Waals surface area contributed by atoms with Crippen LogP contribution in [0.15, 0.2) is 30.3 Å². The lowest BCUT2D eigenvalue weighted by molar-refractivity contribution is 0.603. The van der Waals surface area contributed by atoms with Crippen molar-refractivity contribution in [3.05, 3.63) is 56.2 Å². The molecule has 0 saturated heterocycles. The highest BCUT2D eigenvalue weighted by molar-refractivity contribution is 7.16. The number of halogens is 1. The van der Waals surface area contributed by atoms with Crippen molar-refractivity contribution >= 4 is 22.9 Å². The molecule has 1 unspecified atom stereocenters. The molecule has 0 amide bonds. The Bertz CT molecular complexity index is 547. The van der Waals surface area contributed by atoms with Crippen LogP contribution in [0.25, 0.3) is 0 Å². The molecule has 0 bridgehead atoms. The maximum atomic E-state index is 6.09. The van der Waals surface area contributed by atoms with Crippen molar-refractivity contribution in [1.29, 1.82) is 0 Å². The monoisotopic (exact) mass is 293 g/mol. The molecule has 0 radical (unpaired) electrons. The quantitative estimate of drug-likeness (QED) is 0.808. The number of hydrogen-bond acceptors (Lipinski definition) is 2. The molecule has 1 heterocycles. The minimum atomic E-state index is 0.248. The third-order valence-electron chi connectivity index (χ3n) is 3.43. The molecule has 0 spiro atoms. The van der Waals surface area contributed by atoms with Gasteiger partial charge in [-0.25, -0.2) is 0 Å². The molecule has 102 valence electrons. The average molecular weight is 294 g/mol. The molecule has 2 aromatic rings. The van der Waals surface area contributed by atoms with Crippen LogP contribution in [0.3, 0.4) is 0 Å². The van der Waals surface area contributed by atoms with Crippen LogP contribution in [0.4, 0.5) is 0 Å². The molecular weight excluding hydrogens is 274 g/mol. The van der Waals surface area contributed by atoms with Gasteiger partial charge in [0, 0.05) is 4.88 Å². The normalized spacial score (nSPS) is 12.6. The molecule has 19 heavy (non-hydrogen) atoms. The summed E-state index contributed by atoms with van der Waals surface area (Å²) in [6.45, 7) is 7.56. The van der Waals surface area contributed by atoms with Gasteiger partial charge in [-0.05, 0) is 55.6 Å². The molecule has 0 fully saturated rings. The molecule has 1 aromatic heterocycles. The second-order valence-corrected chi connectivity index (χ2v) is 6.56. The van der Waals surface area contributed by atoms with Crippen LogP contribution in [-0.4, -0.2) is 6.54 Å². The Balaban J connectivity index is 2.39. The first-order valence-corrected chi connectivity index (χ1v) is 7.87. The van der Waals surface area contributed by atoms with Crippen LogP contribution >= 0.6 is 22.9 Å². The van der Waals surface area contributed by atoms with Crippen molar-refractivity contribution < 1.29 is 0 Å². The number of thiophene rings is 1. The van der Waals surface area contributed by atoms with Crippen LogP contribution < -0.4 is 5.32 Å². The SMILES string of the molecule is CCCNC(c1ccc(Cl)s1)c1cccc(C)c1C. The van der Waals surface area contributed by atoms with Crippen molar-refractivity contribution in [1.82, 2.24) is 5.32 Å². The zero-order valence-electron chi connectivity index (χ0n) is 11.7. The van der Waals surface area contributed by atoms with Crippen LogP contribution in [0.2, 0.25) is 4.34 Å². The van der Waals surface area contributed by atoms with Gasteiger partial charge in [0.1, 0.15) is 0 Å². The fourth-order valence-electron chi connectivity index (χ4n) is 2.22. The largest absolute Gasteiger partial charge is 0.306 e. The molecule has 0 aliphatic heterocycles. The van der Waals surface area contributed by atoms with E-state index in [1.54, 1.807) is 11.3 Å². The van der Waals surface area contributed by atoms with E-state index in [9.17, 15) is 0 Å². The number of hydrogen-bond donors (Lipinski definition) is 1. The van der Waals surface area contributed by atoms with Crippen molar-refractivity contribution in [2.45, 2.75) is 33.2 Å². The van der Waals surface area contributed by atoms with Crippen LogP contribution in [0.5, 0.6) is 0 Å². The van der Waals surface area contributed by atoms with E-state index >= 15 is 0 Å². The van der Waals surface area contributed by atoms with Crippen LogP contribution in [0.1, 0.15) is 41.0 Å². The summed E-state index contributed by atoms with van der Waals surface area (Å²) in [5.41, 5.74) is 4.05. The van der Waals surface area contributed by atoms with Gasteiger partial charge in [0.05, 0.1) is 10.4 Å². The zero-order chi connectivity index (χ0) is 13.8. The second kappa shape index (κ2) is 6.56. The molecule has 1 nitrogen and oxygen atoms in total. The molecule has 0 saturated carbocycles. The molecule has 2 rings (SSSR count). The van der Waals surface area contributed by atoms with E-state index in [0.717, 1.165) is 17.3 Å². The first-order chi connectivity index (χ1) is 9.13. The van der Waals surface area contributed by atoms with E-state index in [1.807, 2.05) is 6.07 Å². The molecule has 1 atom stereocenters. The van der Waals surface area contributed by atoms with E-state index < -0.39 is 0 Å². The lowest BCUT2D eigenvalue weighted by Crippen LogP contribution is -2.23. The van der Waals surface area contributed by atoms with E-state index in [0.29, 0.717) is 0 Å². The summed E-state index contributed by atoms with van der Waals surface area (Å²) >= 11 is 7.75. The van der Waals surface area contributed by atoms with Gasteiger partial charge in [-0.15, -0.1) is 11.3 Å². The maximum Gasteiger partial charge on any atom is 0.0931 e. The van der Waals surface area contributed by atoms with Gasteiger partial charge < -0.3 is 5.32 Å². The van der Waals surface area contributed by atoms with Crippen LogP contribution in [-0.2, 0) is 0 Å². The number of rotatable bonds is 5. The summed E-state index contributed by atoms with van der Waals surface area (Å²) in [6.07, 6.45) is 1.13. The third kappa shape index (κ3) is 3.38. The Morgan fingerprint density at radius 3 is 2.63 bits per heavy atom. The summed E-state index contributed by atoms with van der Waals surface area (Å²) < 4.78 is 0.851. The molecule has 1 aromatic carbocycles. The van der Waals surface area contributed by atoms with Crippen molar-refractivity contribution in [2.24, 2.45) is 0 Å². The zero-order valence-corrected chi connectivity index (χ0v) is 13.2. The highest BCUT2D eigenvalue weighted by atomic mass is 35.5. The molecule has 1 N–H and O–H groups in total. The smallest absolute Gasteiger partial charge is 0.0931 e. The third-order valence-corrected chi connectivity index (χ3v) is 4.73. The lowest BCUT2D eigenvalue weighted by Gasteiger charge is -2.20. The van der Waals surface area contributed by atoms with Gasteiger partial charge in [0.15, 0.2) is 0 Å². The predicted molar refractivity (Wildman–Crippen MR) is 85.4 cm³/mol. The highest BCUT2D eigenvalue weighted by Gasteiger charge is 2.17. The van der Waals surface area contributed by atoms with Gasteiger partial charge in [0.2, 0.25) is 0 Å². The first kappa shape index (κ1) is 14.6. The van der Waals surface area contributed by atoms with Gasteiger partial charge in [-0.3, -0.25) is 0 Å². The van der Waals surface area contributed by atoms with Gasteiger partial charge in [-0.1, -0.05) is 36.7 Å². The Morgan fingerprint density at radius 1 is 1.21 bits per heavy atom. The van der Waals surface area contributed by atoms with Gasteiger partial charge in [-0.2, -0.15) is 0 Å². The second-order valence-electron chi connectivity index (χ2n) is 4.82. The summed E-state index contributed by atoms with van der Waals surface area (Å²) in [7, 11) is 0. The molecule has 3 heteroatoms. The Morgan fingerprint density at radius 2 is 2.00 bits per heavy atom. The minimum Gasteiger partial charge on any atom is -0.306 e. The Kier molecular flexibility index (Phi) is 5.03. The summed E-state index contributed by atoms with van der Waals surface area (Å²) in [5.74, 6) is 0. The molecule has 0 aliphatic rings. The fourth-order valence-corrected chi connectivity index (χ4v) is 3.38. The number of aryl methyl sites for hydroxylation is 1. The minimum absolute atomic E-state index is 0.248. The number of benzene rings is 1.